The quantitative estimate of drug-likeness (QED) is 0.582. The van der Waals surface area contributed by atoms with Crippen LogP contribution in [0.25, 0.3) is 11.2 Å². The molecule has 0 atom stereocenters. The number of methoxy groups -OCH3 is 1. The predicted molar refractivity (Wildman–Crippen MR) is 57.7 cm³/mol. The maximum absolute atomic E-state index is 10.3. The molecule has 0 radical (unpaired) electrons. The second-order valence-corrected chi connectivity index (χ2v) is 3.14. The SMILES string of the molecule is COCCOc1ncc2[nH]c(OC(=O)O)nc2n1. The topological polar surface area (TPSA) is 119 Å². The fraction of sp³-hybridized carbons (Fsp3) is 0.333. The van der Waals surface area contributed by atoms with Gasteiger partial charge in [-0.3, -0.25) is 0 Å². The van der Waals surface area contributed by atoms with Crippen molar-refractivity contribution >= 4 is 17.3 Å². The van der Waals surface area contributed by atoms with Crippen LogP contribution in [0.1, 0.15) is 0 Å². The highest BCUT2D eigenvalue weighted by Crippen LogP contribution is 2.15. The molecule has 0 aliphatic carbocycles. The van der Waals surface area contributed by atoms with Gasteiger partial charge in [0.1, 0.15) is 12.1 Å². The third-order valence-electron chi connectivity index (χ3n) is 1.90. The van der Waals surface area contributed by atoms with Gasteiger partial charge in [-0.15, -0.1) is 0 Å². The highest BCUT2D eigenvalue weighted by molar-refractivity contribution is 5.71. The molecule has 0 aliphatic heterocycles. The number of aromatic nitrogens is 4. The molecule has 0 saturated heterocycles. The largest absolute Gasteiger partial charge is 0.513 e. The maximum atomic E-state index is 10.3. The molecule has 9 nitrogen and oxygen atoms in total. The van der Waals surface area contributed by atoms with Crippen LogP contribution in [0, 0.1) is 0 Å². The molecule has 0 bridgehead atoms. The van der Waals surface area contributed by atoms with Crippen molar-refractivity contribution in [3.8, 4) is 12.0 Å². The monoisotopic (exact) mass is 254 g/mol. The van der Waals surface area contributed by atoms with Crippen molar-refractivity contribution < 1.29 is 24.1 Å². The van der Waals surface area contributed by atoms with Gasteiger partial charge in [0.25, 0.3) is 0 Å². The number of rotatable bonds is 5. The van der Waals surface area contributed by atoms with E-state index < -0.39 is 6.16 Å². The van der Waals surface area contributed by atoms with Crippen LogP contribution in [-0.2, 0) is 4.74 Å². The second kappa shape index (κ2) is 5.27. The summed E-state index contributed by atoms with van der Waals surface area (Å²) < 4.78 is 14.4. The third kappa shape index (κ3) is 2.83. The van der Waals surface area contributed by atoms with Crippen LogP contribution in [0.3, 0.4) is 0 Å². The van der Waals surface area contributed by atoms with Crippen LogP contribution in [0.15, 0.2) is 6.20 Å². The number of aromatic amines is 1. The number of carbonyl (C=O) groups is 1. The summed E-state index contributed by atoms with van der Waals surface area (Å²) in [6.45, 7) is 0.722. The molecule has 2 rings (SSSR count). The predicted octanol–water partition coefficient (Wildman–Crippen LogP) is 0.435. The Morgan fingerprint density at radius 2 is 2.28 bits per heavy atom. The average Bonchev–Trinajstić information content (AvgIpc) is 2.69. The molecular formula is C9H10N4O5. The lowest BCUT2D eigenvalue weighted by Gasteiger charge is -2.01. The Morgan fingerprint density at radius 3 is 3.00 bits per heavy atom. The van der Waals surface area contributed by atoms with E-state index in [0.717, 1.165) is 0 Å². The van der Waals surface area contributed by atoms with Crippen LogP contribution in [0.2, 0.25) is 0 Å². The zero-order valence-electron chi connectivity index (χ0n) is 9.41. The van der Waals surface area contributed by atoms with Gasteiger partial charge in [-0.2, -0.15) is 9.97 Å². The summed E-state index contributed by atoms with van der Waals surface area (Å²) in [6, 6.07) is -0.0335. The number of ether oxygens (including phenoxy) is 3. The highest BCUT2D eigenvalue weighted by Gasteiger charge is 2.10. The minimum Gasteiger partial charge on any atom is -0.461 e. The minimum absolute atomic E-state index is 0.132. The average molecular weight is 254 g/mol. The van der Waals surface area contributed by atoms with Gasteiger partial charge < -0.3 is 24.3 Å². The molecule has 2 N–H and O–H groups in total. The summed E-state index contributed by atoms with van der Waals surface area (Å²) >= 11 is 0. The number of hydrogen-bond donors (Lipinski definition) is 2. The van der Waals surface area contributed by atoms with Crippen LogP contribution in [0.5, 0.6) is 12.0 Å². The smallest absolute Gasteiger partial charge is 0.461 e. The summed E-state index contributed by atoms with van der Waals surface area (Å²) in [4.78, 5) is 24.6. The Labute approximate surface area is 101 Å². The Balaban J connectivity index is 2.14. The number of fused-ring (bicyclic) bond motifs is 1. The Bertz CT molecular complexity index is 555. The van der Waals surface area contributed by atoms with Crippen LogP contribution < -0.4 is 9.47 Å². The van der Waals surface area contributed by atoms with Crippen molar-refractivity contribution in [3.63, 3.8) is 0 Å². The molecule has 2 heterocycles. The number of hydrogen-bond acceptors (Lipinski definition) is 7. The molecule has 0 amide bonds. The van der Waals surface area contributed by atoms with E-state index in [1.807, 2.05) is 0 Å². The first kappa shape index (κ1) is 12.0. The van der Waals surface area contributed by atoms with E-state index in [9.17, 15) is 4.79 Å². The van der Waals surface area contributed by atoms with E-state index in [1.165, 1.54) is 6.20 Å². The zero-order chi connectivity index (χ0) is 13.0. The lowest BCUT2D eigenvalue weighted by atomic mass is 10.6. The Kier molecular flexibility index (Phi) is 3.53. The molecule has 0 aromatic carbocycles. The minimum atomic E-state index is -1.46. The number of nitrogens with one attached hydrogen (secondary N) is 1. The zero-order valence-corrected chi connectivity index (χ0v) is 9.41. The molecule has 0 unspecified atom stereocenters. The molecule has 0 saturated carbocycles. The first-order chi connectivity index (χ1) is 8.69. The molecule has 9 heteroatoms. The molecule has 2 aromatic heterocycles. The molecule has 0 fully saturated rings. The van der Waals surface area contributed by atoms with Crippen molar-refractivity contribution in [1.82, 2.24) is 19.9 Å². The lowest BCUT2D eigenvalue weighted by molar-refractivity contribution is 0.141. The van der Waals surface area contributed by atoms with E-state index in [-0.39, 0.29) is 17.7 Å². The van der Waals surface area contributed by atoms with E-state index >= 15 is 0 Å². The van der Waals surface area contributed by atoms with Crippen LogP contribution in [0.4, 0.5) is 4.79 Å². The number of carboxylic acid groups (broad SMARTS) is 1. The van der Waals surface area contributed by atoms with Gasteiger partial charge in [0.2, 0.25) is 0 Å². The van der Waals surface area contributed by atoms with E-state index in [0.29, 0.717) is 18.7 Å². The van der Waals surface area contributed by atoms with Gasteiger partial charge in [-0.05, 0) is 0 Å². The number of nitrogens with zero attached hydrogens (tertiary/aromatic N) is 3. The van der Waals surface area contributed by atoms with Crippen LogP contribution in [-0.4, -0.2) is 51.5 Å². The van der Waals surface area contributed by atoms with Gasteiger partial charge in [0.05, 0.1) is 12.8 Å². The summed E-state index contributed by atoms with van der Waals surface area (Å²) in [7, 11) is 1.55. The van der Waals surface area contributed by atoms with Crippen molar-refractivity contribution in [3.05, 3.63) is 6.20 Å². The van der Waals surface area contributed by atoms with Gasteiger partial charge in [-0.25, -0.2) is 9.78 Å². The Hall–Kier alpha value is -2.42. The highest BCUT2D eigenvalue weighted by atomic mass is 16.7. The normalized spacial score (nSPS) is 10.5. The van der Waals surface area contributed by atoms with Gasteiger partial charge in [-0.1, -0.05) is 0 Å². The number of H-pyrrole nitrogens is 1. The first-order valence-corrected chi connectivity index (χ1v) is 4.94. The van der Waals surface area contributed by atoms with Gasteiger partial charge in [0, 0.05) is 7.11 Å². The van der Waals surface area contributed by atoms with E-state index in [2.05, 4.69) is 24.7 Å². The van der Waals surface area contributed by atoms with E-state index in [4.69, 9.17) is 14.6 Å². The molecule has 96 valence electrons. The van der Waals surface area contributed by atoms with Crippen molar-refractivity contribution in [2.24, 2.45) is 0 Å². The fourth-order valence-electron chi connectivity index (χ4n) is 1.19. The molecule has 2 aromatic rings. The summed E-state index contributed by atoms with van der Waals surface area (Å²) in [5, 5.41) is 8.43. The second-order valence-electron chi connectivity index (χ2n) is 3.14. The van der Waals surface area contributed by atoms with Crippen molar-refractivity contribution in [2.75, 3.05) is 20.3 Å². The lowest BCUT2D eigenvalue weighted by Crippen LogP contribution is -2.06. The number of imidazole rings is 1. The standard InChI is InChI=1S/C9H10N4O5/c1-16-2-3-17-7-10-4-5-6(12-7)13-8(11-5)18-9(14)15/h4H,2-3H2,1H3,(H,14,15)(H,10,11,12,13). The van der Waals surface area contributed by atoms with Crippen LogP contribution >= 0.6 is 0 Å². The van der Waals surface area contributed by atoms with Gasteiger partial charge >= 0.3 is 18.2 Å². The molecule has 0 aliphatic rings. The van der Waals surface area contributed by atoms with Crippen molar-refractivity contribution in [2.45, 2.75) is 0 Å². The summed E-state index contributed by atoms with van der Waals surface area (Å²) in [5.41, 5.74) is 0.707. The first-order valence-electron chi connectivity index (χ1n) is 4.94. The molecule has 18 heavy (non-hydrogen) atoms. The fourth-order valence-corrected chi connectivity index (χ4v) is 1.19. The van der Waals surface area contributed by atoms with E-state index in [1.54, 1.807) is 7.11 Å². The summed E-state index contributed by atoms with van der Waals surface area (Å²) in [6.07, 6.45) is -0.0368. The van der Waals surface area contributed by atoms with Gasteiger partial charge in [0.15, 0.2) is 5.65 Å². The summed E-state index contributed by atoms with van der Waals surface area (Å²) in [5.74, 6) is 0. The molecule has 0 spiro atoms. The molecular weight excluding hydrogens is 244 g/mol. The maximum Gasteiger partial charge on any atom is 0.513 e. The third-order valence-corrected chi connectivity index (χ3v) is 1.90. The Morgan fingerprint density at radius 1 is 1.44 bits per heavy atom. The van der Waals surface area contributed by atoms with Crippen molar-refractivity contribution in [1.29, 1.82) is 0 Å².